The summed E-state index contributed by atoms with van der Waals surface area (Å²) >= 11 is 1.50. The van der Waals surface area contributed by atoms with Crippen molar-refractivity contribution in [1.82, 2.24) is 0 Å². The molecular formula is C11H12STe. The summed E-state index contributed by atoms with van der Waals surface area (Å²) < 4.78 is 4.71. The van der Waals surface area contributed by atoms with Gasteiger partial charge in [0.25, 0.3) is 0 Å². The van der Waals surface area contributed by atoms with Crippen molar-refractivity contribution in [2.45, 2.75) is 13.3 Å². The van der Waals surface area contributed by atoms with Crippen molar-refractivity contribution >= 4 is 36.3 Å². The summed E-state index contributed by atoms with van der Waals surface area (Å²) in [6.45, 7) is 2.18. The Morgan fingerprint density at radius 3 is 2.77 bits per heavy atom. The zero-order chi connectivity index (χ0) is 9.36. The van der Waals surface area contributed by atoms with Gasteiger partial charge in [0.15, 0.2) is 0 Å². The molecule has 0 aliphatic rings. The fourth-order valence-corrected chi connectivity index (χ4v) is 3.19. The first-order valence-corrected chi connectivity index (χ1v) is 7.58. The molecule has 68 valence electrons. The van der Waals surface area contributed by atoms with Gasteiger partial charge < -0.3 is 0 Å². The number of rotatable bonds is 3. The first kappa shape index (κ1) is 11.0. The summed E-state index contributed by atoms with van der Waals surface area (Å²) in [5.74, 6) is 1.16. The van der Waals surface area contributed by atoms with Crippen molar-refractivity contribution in [3.05, 3.63) is 30.3 Å². The van der Waals surface area contributed by atoms with Gasteiger partial charge in [-0.2, -0.15) is 0 Å². The molecule has 0 aliphatic carbocycles. The van der Waals surface area contributed by atoms with Gasteiger partial charge in [0.05, 0.1) is 0 Å². The van der Waals surface area contributed by atoms with Gasteiger partial charge in [-0.1, -0.05) is 0 Å². The van der Waals surface area contributed by atoms with E-state index < -0.39 is 0 Å². The molecule has 1 aromatic rings. The fourth-order valence-electron chi connectivity index (χ4n) is 0.751. The van der Waals surface area contributed by atoms with E-state index in [1.54, 1.807) is 11.8 Å². The van der Waals surface area contributed by atoms with Gasteiger partial charge in [0.1, 0.15) is 0 Å². The minimum atomic E-state index is -0.245. The molecule has 0 radical (unpaired) electrons. The Bertz CT molecular complexity index is 284. The van der Waals surface area contributed by atoms with E-state index in [9.17, 15) is 0 Å². The average molecular weight is 304 g/mol. The Balaban J connectivity index is 2.29. The summed E-state index contributed by atoms with van der Waals surface area (Å²) in [5, 5.41) is 3.16. The van der Waals surface area contributed by atoms with Crippen LogP contribution in [-0.4, -0.2) is 26.7 Å². The Morgan fingerprint density at radius 2 is 2.08 bits per heavy atom. The number of hydrogen-bond donors (Lipinski definition) is 0. The van der Waals surface area contributed by atoms with Crippen LogP contribution in [0, 0.1) is 9.22 Å². The van der Waals surface area contributed by atoms with E-state index in [0.717, 1.165) is 5.75 Å². The molecule has 0 fully saturated rings. The molecule has 0 saturated carbocycles. The monoisotopic (exact) mass is 306 g/mol. The topological polar surface area (TPSA) is 0 Å². The summed E-state index contributed by atoms with van der Waals surface area (Å²) in [6.07, 6.45) is 1.21. The second kappa shape index (κ2) is 7.34. The van der Waals surface area contributed by atoms with Crippen molar-refractivity contribution < 1.29 is 0 Å². The second-order valence-corrected chi connectivity index (χ2v) is 5.88. The summed E-state index contributed by atoms with van der Waals surface area (Å²) in [7, 11) is 0. The molecule has 0 saturated heterocycles. The van der Waals surface area contributed by atoms with Gasteiger partial charge in [0, 0.05) is 0 Å². The number of benzene rings is 1. The van der Waals surface area contributed by atoms with Crippen LogP contribution in [0.4, 0.5) is 0 Å². The molecule has 0 spiro atoms. The average Bonchev–Trinajstić information content (AvgIpc) is 2.19. The van der Waals surface area contributed by atoms with Crippen LogP contribution in [0.3, 0.4) is 0 Å². The Hall–Kier alpha value is -0.0804. The molecule has 0 N–H and O–H groups in total. The van der Waals surface area contributed by atoms with Crippen LogP contribution in [-0.2, 0) is 0 Å². The van der Waals surface area contributed by atoms with Gasteiger partial charge in [-0.25, -0.2) is 0 Å². The predicted molar refractivity (Wildman–Crippen MR) is 62.4 cm³/mol. The molecule has 1 aromatic carbocycles. The standard InChI is InChI=1S/C11H12STe/c1-2-8-12-9-10-13-11-6-4-3-5-7-11/h3-7H,2,8H2,1H3. The van der Waals surface area contributed by atoms with E-state index in [-0.39, 0.29) is 20.9 Å². The second-order valence-electron chi connectivity index (χ2n) is 2.47. The molecule has 0 amide bonds. The third kappa shape index (κ3) is 5.27. The minimum absolute atomic E-state index is 0.245. The van der Waals surface area contributed by atoms with E-state index in [1.807, 2.05) is 0 Å². The SMILES string of the molecule is CCCSC#C[Te]c1ccccc1. The van der Waals surface area contributed by atoms with Crippen LogP contribution < -0.4 is 3.61 Å². The van der Waals surface area contributed by atoms with E-state index in [0.29, 0.717) is 0 Å². The van der Waals surface area contributed by atoms with Crippen molar-refractivity contribution in [2.24, 2.45) is 0 Å². The van der Waals surface area contributed by atoms with E-state index in [4.69, 9.17) is 0 Å². The van der Waals surface area contributed by atoms with Crippen LogP contribution in [0.1, 0.15) is 13.3 Å². The molecular weight excluding hydrogens is 292 g/mol. The van der Waals surface area contributed by atoms with E-state index in [2.05, 4.69) is 46.5 Å². The summed E-state index contributed by atoms with van der Waals surface area (Å²) in [5.41, 5.74) is 0. The summed E-state index contributed by atoms with van der Waals surface area (Å²) in [6, 6.07) is 10.6. The van der Waals surface area contributed by atoms with Crippen LogP contribution in [0.15, 0.2) is 30.3 Å². The number of hydrogen-bond acceptors (Lipinski definition) is 1. The third-order valence-electron chi connectivity index (χ3n) is 1.33. The van der Waals surface area contributed by atoms with Crippen molar-refractivity contribution in [1.29, 1.82) is 0 Å². The van der Waals surface area contributed by atoms with E-state index >= 15 is 0 Å². The van der Waals surface area contributed by atoms with Gasteiger partial charge in [-0.05, 0) is 0 Å². The van der Waals surface area contributed by atoms with Crippen molar-refractivity contribution in [3.63, 3.8) is 0 Å². The number of thioether (sulfide) groups is 1. The molecule has 0 aliphatic heterocycles. The Kier molecular flexibility index (Phi) is 6.21. The van der Waals surface area contributed by atoms with Crippen molar-refractivity contribution in [2.75, 3.05) is 5.75 Å². The molecule has 0 unspecified atom stereocenters. The van der Waals surface area contributed by atoms with Crippen LogP contribution in [0.5, 0.6) is 0 Å². The zero-order valence-corrected chi connectivity index (χ0v) is 10.8. The van der Waals surface area contributed by atoms with Gasteiger partial charge in [-0.15, -0.1) is 0 Å². The predicted octanol–water partition coefficient (Wildman–Crippen LogP) is 2.08. The normalized spacial score (nSPS) is 9.00. The molecule has 0 bridgehead atoms. The van der Waals surface area contributed by atoms with Crippen LogP contribution in [0.2, 0.25) is 0 Å². The first-order chi connectivity index (χ1) is 6.43. The van der Waals surface area contributed by atoms with Gasteiger partial charge >= 0.3 is 94.9 Å². The maximum atomic E-state index is 3.28. The van der Waals surface area contributed by atoms with E-state index in [1.165, 1.54) is 10.0 Å². The van der Waals surface area contributed by atoms with Gasteiger partial charge in [0.2, 0.25) is 0 Å². The Labute approximate surface area is 94.6 Å². The molecule has 0 heterocycles. The third-order valence-corrected chi connectivity index (χ3v) is 4.63. The fraction of sp³-hybridized carbons (Fsp3) is 0.273. The van der Waals surface area contributed by atoms with Crippen LogP contribution >= 0.6 is 11.8 Å². The van der Waals surface area contributed by atoms with Crippen LogP contribution in [0.25, 0.3) is 0 Å². The quantitative estimate of drug-likeness (QED) is 0.468. The molecule has 0 aromatic heterocycles. The van der Waals surface area contributed by atoms with Gasteiger partial charge in [-0.3, -0.25) is 0 Å². The Morgan fingerprint density at radius 1 is 1.31 bits per heavy atom. The van der Waals surface area contributed by atoms with Crippen molar-refractivity contribution in [3.8, 4) is 9.22 Å². The molecule has 13 heavy (non-hydrogen) atoms. The molecule has 0 nitrogen and oxygen atoms in total. The first-order valence-electron chi connectivity index (χ1n) is 4.27. The molecule has 1 rings (SSSR count). The molecule has 0 atom stereocenters. The maximum absolute atomic E-state index is 3.28. The molecule has 2 heteroatoms. The summed E-state index contributed by atoms with van der Waals surface area (Å²) in [4.78, 5) is 0. The zero-order valence-electron chi connectivity index (χ0n) is 7.62.